The Hall–Kier alpha value is -1.95. The minimum Gasteiger partial charge on any atom is -0.321 e. The molecule has 1 aromatic heterocycles. The summed E-state index contributed by atoms with van der Waals surface area (Å²) in [5, 5.41) is 14.1. The Kier molecular flexibility index (Phi) is 2.57. The highest BCUT2D eigenvalue weighted by molar-refractivity contribution is 6.27. The van der Waals surface area contributed by atoms with E-state index < -0.39 is 4.92 Å². The van der Waals surface area contributed by atoms with Crippen LogP contribution in [0.2, 0.25) is 5.35 Å². The van der Waals surface area contributed by atoms with Crippen LogP contribution in [0.1, 0.15) is 5.56 Å². The molecule has 0 amide bonds. The maximum Gasteiger partial charge on any atom is 0.320 e. The molecule has 6 nitrogen and oxygen atoms in total. The number of rotatable bonds is 2. The Balaban J connectivity index is 2.55. The van der Waals surface area contributed by atoms with E-state index in [9.17, 15) is 10.1 Å². The van der Waals surface area contributed by atoms with Crippen molar-refractivity contribution >= 4 is 17.3 Å². The second-order valence-electron chi connectivity index (χ2n) is 3.13. The van der Waals surface area contributed by atoms with Crippen molar-refractivity contribution in [2.75, 3.05) is 0 Å². The summed E-state index contributed by atoms with van der Waals surface area (Å²) in [4.78, 5) is 13.9. The van der Waals surface area contributed by atoms with Gasteiger partial charge in [0.2, 0.25) is 5.82 Å². The normalized spacial score (nSPS) is 10.4. The topological polar surface area (TPSA) is 82.1 Å². The number of nitro benzene ring substituents is 1. The van der Waals surface area contributed by atoms with Crippen molar-refractivity contribution in [2.45, 2.75) is 6.92 Å². The highest BCUT2D eigenvalue weighted by Crippen LogP contribution is 2.26. The summed E-state index contributed by atoms with van der Waals surface area (Å²) in [5.41, 5.74) is 1.31. The molecule has 0 fully saturated rings. The third-order valence-corrected chi connectivity index (χ3v) is 2.23. The van der Waals surface area contributed by atoms with Crippen molar-refractivity contribution in [3.8, 4) is 11.4 Å². The molecule has 0 radical (unpaired) electrons. The molecular weight excluding hydrogens is 234 g/mol. The number of nitrogens with zero attached hydrogens (tertiary/aromatic N) is 3. The monoisotopic (exact) mass is 239 g/mol. The van der Waals surface area contributed by atoms with Gasteiger partial charge in [-0.1, -0.05) is 11.2 Å². The fourth-order valence-electron chi connectivity index (χ4n) is 1.28. The van der Waals surface area contributed by atoms with E-state index in [1.165, 1.54) is 12.1 Å². The van der Waals surface area contributed by atoms with Crippen molar-refractivity contribution in [1.29, 1.82) is 0 Å². The number of nitro groups is 1. The molecule has 1 aromatic carbocycles. The molecule has 82 valence electrons. The van der Waals surface area contributed by atoms with E-state index in [2.05, 4.69) is 14.7 Å². The summed E-state index contributed by atoms with van der Waals surface area (Å²) < 4.78 is 4.61. The van der Waals surface area contributed by atoms with Gasteiger partial charge in [0, 0.05) is 17.7 Å². The molecule has 0 bridgehead atoms. The molecule has 0 atom stereocenters. The lowest BCUT2D eigenvalue weighted by molar-refractivity contribution is -0.384. The first-order valence-corrected chi connectivity index (χ1v) is 4.70. The fourth-order valence-corrected chi connectivity index (χ4v) is 1.39. The Morgan fingerprint density at radius 2 is 2.25 bits per heavy atom. The first-order chi connectivity index (χ1) is 7.58. The van der Waals surface area contributed by atoms with Crippen LogP contribution in [0.25, 0.3) is 11.4 Å². The zero-order valence-electron chi connectivity index (χ0n) is 8.18. The molecule has 0 saturated heterocycles. The van der Waals surface area contributed by atoms with E-state index in [1.807, 2.05) is 0 Å². The van der Waals surface area contributed by atoms with Gasteiger partial charge in [-0.2, -0.15) is 4.98 Å². The van der Waals surface area contributed by atoms with Crippen LogP contribution in [0.3, 0.4) is 0 Å². The van der Waals surface area contributed by atoms with Crippen LogP contribution in [0.4, 0.5) is 5.69 Å². The van der Waals surface area contributed by atoms with Crippen LogP contribution >= 0.6 is 11.6 Å². The Bertz CT molecular complexity index is 553. The molecule has 2 rings (SSSR count). The lowest BCUT2D eigenvalue weighted by atomic mass is 10.1. The number of halogens is 1. The van der Waals surface area contributed by atoms with Crippen molar-refractivity contribution in [3.05, 3.63) is 39.2 Å². The highest BCUT2D eigenvalue weighted by atomic mass is 35.5. The average Bonchev–Trinajstić information content (AvgIpc) is 2.65. The van der Waals surface area contributed by atoms with Gasteiger partial charge in [0.05, 0.1) is 4.92 Å². The maximum atomic E-state index is 10.6. The van der Waals surface area contributed by atoms with E-state index in [-0.39, 0.29) is 16.9 Å². The van der Waals surface area contributed by atoms with E-state index >= 15 is 0 Å². The molecule has 0 N–H and O–H groups in total. The zero-order valence-corrected chi connectivity index (χ0v) is 8.93. The van der Waals surface area contributed by atoms with E-state index in [0.717, 1.165) is 5.56 Å². The van der Waals surface area contributed by atoms with Gasteiger partial charge in [-0.3, -0.25) is 10.1 Å². The van der Waals surface area contributed by atoms with Gasteiger partial charge in [0.15, 0.2) is 0 Å². The summed E-state index contributed by atoms with van der Waals surface area (Å²) in [6.07, 6.45) is 0. The molecule has 1 heterocycles. The van der Waals surface area contributed by atoms with E-state index in [4.69, 9.17) is 11.6 Å². The third kappa shape index (κ3) is 1.87. The first kappa shape index (κ1) is 10.6. The van der Waals surface area contributed by atoms with Crippen LogP contribution < -0.4 is 0 Å². The van der Waals surface area contributed by atoms with Crippen LogP contribution in [-0.4, -0.2) is 15.1 Å². The molecule has 7 heteroatoms. The standard InChI is InChI=1S/C9H6ClN3O3/c1-5-2-3-6(13(14)15)4-7(5)8-11-9(10)16-12-8/h2-4H,1H3. The Labute approximate surface area is 95.0 Å². The molecule has 16 heavy (non-hydrogen) atoms. The van der Waals surface area contributed by atoms with Crippen molar-refractivity contribution in [1.82, 2.24) is 10.1 Å². The number of hydrogen-bond donors (Lipinski definition) is 0. The quantitative estimate of drug-likeness (QED) is 0.594. The summed E-state index contributed by atoms with van der Waals surface area (Å²) >= 11 is 5.49. The molecule has 0 aliphatic heterocycles. The van der Waals surface area contributed by atoms with Gasteiger partial charge in [0.25, 0.3) is 5.69 Å². The minimum absolute atomic E-state index is 0.0264. The number of aromatic nitrogens is 2. The summed E-state index contributed by atoms with van der Waals surface area (Å²) in [6.45, 7) is 1.79. The molecule has 0 aliphatic carbocycles. The van der Waals surface area contributed by atoms with Crippen LogP contribution in [0, 0.1) is 17.0 Å². The second-order valence-corrected chi connectivity index (χ2v) is 3.45. The predicted molar refractivity (Wildman–Crippen MR) is 56.1 cm³/mol. The maximum absolute atomic E-state index is 10.6. The van der Waals surface area contributed by atoms with Crippen molar-refractivity contribution in [2.24, 2.45) is 0 Å². The van der Waals surface area contributed by atoms with Gasteiger partial charge in [-0.25, -0.2) is 0 Å². The van der Waals surface area contributed by atoms with Crippen LogP contribution in [0.15, 0.2) is 22.7 Å². The number of hydrogen-bond acceptors (Lipinski definition) is 5. The first-order valence-electron chi connectivity index (χ1n) is 4.32. The summed E-state index contributed by atoms with van der Waals surface area (Å²) in [5.74, 6) is 0.242. The van der Waals surface area contributed by atoms with Crippen LogP contribution in [0.5, 0.6) is 0 Å². The lowest BCUT2D eigenvalue weighted by Gasteiger charge is -1.99. The minimum atomic E-state index is -0.482. The van der Waals surface area contributed by atoms with Gasteiger partial charge in [-0.05, 0) is 24.1 Å². The largest absolute Gasteiger partial charge is 0.321 e. The molecule has 2 aromatic rings. The molecule has 0 aliphatic rings. The predicted octanol–water partition coefficient (Wildman–Crippen LogP) is 2.61. The molecule has 0 spiro atoms. The fraction of sp³-hybridized carbons (Fsp3) is 0.111. The van der Waals surface area contributed by atoms with Crippen LogP contribution in [-0.2, 0) is 0 Å². The molecule has 0 saturated carbocycles. The number of non-ortho nitro benzene ring substituents is 1. The van der Waals surface area contributed by atoms with E-state index in [0.29, 0.717) is 5.56 Å². The Morgan fingerprint density at radius 3 is 2.81 bits per heavy atom. The van der Waals surface area contributed by atoms with E-state index in [1.54, 1.807) is 13.0 Å². The third-order valence-electron chi connectivity index (χ3n) is 2.07. The molecule has 0 unspecified atom stereocenters. The lowest BCUT2D eigenvalue weighted by Crippen LogP contribution is -1.91. The number of aryl methyl sites for hydroxylation is 1. The van der Waals surface area contributed by atoms with Gasteiger partial charge >= 0.3 is 5.35 Å². The Morgan fingerprint density at radius 1 is 1.50 bits per heavy atom. The number of benzene rings is 1. The summed E-state index contributed by atoms with van der Waals surface area (Å²) in [6, 6.07) is 4.43. The summed E-state index contributed by atoms with van der Waals surface area (Å²) in [7, 11) is 0. The zero-order chi connectivity index (χ0) is 11.7. The SMILES string of the molecule is Cc1ccc([N+](=O)[O-])cc1-c1noc(Cl)n1. The smallest absolute Gasteiger partial charge is 0.320 e. The average molecular weight is 240 g/mol. The van der Waals surface area contributed by atoms with Gasteiger partial charge in [0.1, 0.15) is 0 Å². The van der Waals surface area contributed by atoms with Crippen molar-refractivity contribution < 1.29 is 9.45 Å². The van der Waals surface area contributed by atoms with Gasteiger partial charge < -0.3 is 4.52 Å². The highest BCUT2D eigenvalue weighted by Gasteiger charge is 2.14. The van der Waals surface area contributed by atoms with Gasteiger partial charge in [-0.15, -0.1) is 0 Å². The van der Waals surface area contributed by atoms with Crippen molar-refractivity contribution in [3.63, 3.8) is 0 Å². The molecular formula is C9H6ClN3O3. The second kappa shape index (κ2) is 3.90.